The fourth-order valence-corrected chi connectivity index (χ4v) is 13.6. The number of aliphatic hydroxyl groups excluding tert-OH is 2. The quantitative estimate of drug-likeness (QED) is 0.0146. The Balaban J connectivity index is 4.59. The van der Waals surface area contributed by atoms with Crippen LogP contribution in [0.5, 0.6) is 0 Å². The van der Waals surface area contributed by atoms with E-state index in [-0.39, 0.29) is 19.3 Å². The number of rotatable bonds is 85. The lowest BCUT2D eigenvalue weighted by Crippen LogP contribution is -2.30. The molecule has 0 aromatic rings. The van der Waals surface area contributed by atoms with Crippen LogP contribution in [0.25, 0.3) is 0 Å². The largest absolute Gasteiger partial charge is 0.472 e. The molecule has 5 unspecified atom stereocenters. The zero-order valence-electron chi connectivity index (χ0n) is 73.3. The Labute approximate surface area is 712 Å². The van der Waals surface area contributed by atoms with E-state index in [0.717, 1.165) is 173 Å². The molecule has 0 saturated carbocycles. The number of hydrogen-bond acceptors (Lipinski definition) is 14. The van der Waals surface area contributed by atoms with Crippen molar-refractivity contribution in [1.82, 2.24) is 0 Å². The highest BCUT2D eigenvalue weighted by Gasteiger charge is 2.29. The van der Waals surface area contributed by atoms with Crippen LogP contribution < -0.4 is 0 Å². The van der Waals surface area contributed by atoms with Crippen LogP contribution in [-0.4, -0.2) is 95.9 Å². The number of carbonyl (C=O) groups excluding carboxylic acids is 3. The minimum atomic E-state index is -4.95. The lowest BCUT2D eigenvalue weighted by Gasteiger charge is -2.21. The Morgan fingerprint density at radius 3 is 0.684 bits per heavy atom. The maximum absolute atomic E-state index is 13.0. The van der Waals surface area contributed by atoms with Crippen LogP contribution in [0.4, 0.5) is 0 Å². The first-order valence-electron chi connectivity index (χ1n) is 45.7. The molecule has 0 heterocycles. The van der Waals surface area contributed by atoms with Crippen molar-refractivity contribution in [2.24, 2.45) is 0 Å². The number of esters is 3. The molecule has 0 spiro atoms. The molecule has 0 bridgehead atoms. The van der Waals surface area contributed by atoms with E-state index in [1.54, 1.807) is 0 Å². The van der Waals surface area contributed by atoms with Crippen LogP contribution in [-0.2, 0) is 55.8 Å². The van der Waals surface area contributed by atoms with Crippen molar-refractivity contribution in [3.8, 4) is 0 Å². The Kier molecular flexibility index (Phi) is 85.3. The molecule has 0 fully saturated rings. The maximum atomic E-state index is 13.0. The monoisotopic (exact) mass is 1670 g/mol. The molecule has 0 radical (unpaired) electrons. The molecule has 0 amide bonds. The summed E-state index contributed by atoms with van der Waals surface area (Å²) >= 11 is 0. The van der Waals surface area contributed by atoms with E-state index in [9.17, 15) is 43.5 Å². The first-order valence-corrected chi connectivity index (χ1v) is 48.7. The SMILES string of the molecule is CC/C=C\C/C=C\C/C=C\C/C=C\C/C=C\C/C=C\CCCCCCCCCCCCCCC(=O)OCC(O)COP(=O)(O)OCC(O)COP(=O)(O)OCC(COC(=O)CCCCCCCCCCCCCCCCC/C=C\C/C=C\C/C=C\C/C=C\C/C=C\CC)OC(=O)CCCCC/C=C\C/C=C\C/C=C\C/C=C\C/C=C\CC. The van der Waals surface area contributed by atoms with Gasteiger partial charge >= 0.3 is 33.6 Å². The Bertz CT molecular complexity index is 2910. The second-order valence-electron chi connectivity index (χ2n) is 30.0. The van der Waals surface area contributed by atoms with Gasteiger partial charge in [0.05, 0.1) is 26.4 Å². The molecule has 0 rings (SSSR count). The van der Waals surface area contributed by atoms with Gasteiger partial charge in [-0.15, -0.1) is 0 Å². The predicted octanol–water partition coefficient (Wildman–Crippen LogP) is 28.2. The normalized spacial score (nSPS) is 14.7. The molecule has 0 aliphatic carbocycles. The minimum absolute atomic E-state index is 0.0605. The first-order chi connectivity index (χ1) is 57.2. The molecule has 117 heavy (non-hydrogen) atoms. The molecule has 666 valence electrons. The number of carbonyl (C=O) groups is 3. The van der Waals surface area contributed by atoms with Gasteiger partial charge in [-0.1, -0.05) is 369 Å². The lowest BCUT2D eigenvalue weighted by molar-refractivity contribution is -0.161. The molecule has 5 atom stereocenters. The van der Waals surface area contributed by atoms with Crippen molar-refractivity contribution in [1.29, 1.82) is 0 Å². The molecular formula is C99H164O16P2. The van der Waals surface area contributed by atoms with Gasteiger partial charge in [-0.3, -0.25) is 32.5 Å². The summed E-state index contributed by atoms with van der Waals surface area (Å²) in [6, 6.07) is 0. The van der Waals surface area contributed by atoms with E-state index in [1.165, 1.54) is 122 Å². The van der Waals surface area contributed by atoms with Gasteiger partial charge in [0, 0.05) is 19.3 Å². The van der Waals surface area contributed by atoms with Crippen LogP contribution >= 0.6 is 15.6 Å². The fourth-order valence-electron chi connectivity index (χ4n) is 12.0. The summed E-state index contributed by atoms with van der Waals surface area (Å²) in [6.45, 7) is 2.32. The van der Waals surface area contributed by atoms with Gasteiger partial charge in [0.2, 0.25) is 0 Å². The summed E-state index contributed by atoms with van der Waals surface area (Å²) in [5, 5.41) is 20.7. The average molecular weight is 1670 g/mol. The molecule has 18 heteroatoms. The smallest absolute Gasteiger partial charge is 0.463 e. The van der Waals surface area contributed by atoms with Crippen molar-refractivity contribution in [3.05, 3.63) is 194 Å². The lowest BCUT2D eigenvalue weighted by atomic mass is 10.0. The van der Waals surface area contributed by atoms with Gasteiger partial charge in [0.1, 0.15) is 25.4 Å². The fraction of sp³-hybridized carbons (Fsp3) is 0.646. The zero-order valence-corrected chi connectivity index (χ0v) is 75.1. The maximum Gasteiger partial charge on any atom is 0.472 e. The Hall–Kier alpha value is -5.61. The number of hydrogen-bond donors (Lipinski definition) is 4. The number of allylic oxidation sites excluding steroid dienone is 32. The van der Waals surface area contributed by atoms with Crippen molar-refractivity contribution in [2.75, 3.05) is 39.6 Å². The van der Waals surface area contributed by atoms with Crippen LogP contribution in [0.15, 0.2) is 194 Å². The van der Waals surface area contributed by atoms with Crippen LogP contribution in [0.1, 0.15) is 355 Å². The highest BCUT2D eigenvalue weighted by atomic mass is 31.2. The summed E-state index contributed by atoms with van der Waals surface area (Å²) < 4.78 is 61.4. The minimum Gasteiger partial charge on any atom is -0.463 e. The third kappa shape index (κ3) is 91.0. The van der Waals surface area contributed by atoms with Gasteiger partial charge < -0.3 is 34.2 Å². The van der Waals surface area contributed by atoms with E-state index in [2.05, 4.69) is 215 Å². The van der Waals surface area contributed by atoms with Crippen LogP contribution in [0.2, 0.25) is 0 Å². The number of aliphatic hydroxyl groups is 2. The van der Waals surface area contributed by atoms with Gasteiger partial charge in [0.25, 0.3) is 0 Å². The van der Waals surface area contributed by atoms with Crippen LogP contribution in [0, 0.1) is 0 Å². The van der Waals surface area contributed by atoms with Crippen molar-refractivity contribution < 1.29 is 75.8 Å². The van der Waals surface area contributed by atoms with Crippen molar-refractivity contribution >= 4 is 33.6 Å². The topological polar surface area (TPSA) is 231 Å². The average Bonchev–Trinajstić information content (AvgIpc) is 0.891. The number of phosphoric acid groups is 2. The summed E-state index contributed by atoms with van der Waals surface area (Å²) in [7, 11) is -9.83. The van der Waals surface area contributed by atoms with Crippen molar-refractivity contribution in [3.63, 3.8) is 0 Å². The van der Waals surface area contributed by atoms with Gasteiger partial charge in [-0.2, -0.15) is 0 Å². The second-order valence-corrected chi connectivity index (χ2v) is 32.9. The molecule has 4 N–H and O–H groups in total. The molecule has 0 aliphatic heterocycles. The highest BCUT2D eigenvalue weighted by Crippen LogP contribution is 2.45. The van der Waals surface area contributed by atoms with Gasteiger partial charge in [-0.05, 0) is 161 Å². The van der Waals surface area contributed by atoms with E-state index in [1.807, 2.05) is 0 Å². The molecular weight excluding hydrogens is 1510 g/mol. The summed E-state index contributed by atoms with van der Waals surface area (Å²) in [5.74, 6) is -1.61. The van der Waals surface area contributed by atoms with E-state index in [4.69, 9.17) is 32.3 Å². The molecule has 0 aliphatic rings. The summed E-state index contributed by atoms with van der Waals surface area (Å²) in [5.41, 5.74) is 0. The van der Waals surface area contributed by atoms with E-state index < -0.39 is 91.5 Å². The predicted molar refractivity (Wildman–Crippen MR) is 491 cm³/mol. The van der Waals surface area contributed by atoms with E-state index in [0.29, 0.717) is 19.3 Å². The Morgan fingerprint density at radius 1 is 0.239 bits per heavy atom. The third-order valence-corrected chi connectivity index (χ3v) is 20.7. The molecule has 0 aromatic heterocycles. The van der Waals surface area contributed by atoms with Crippen molar-refractivity contribution in [2.45, 2.75) is 373 Å². The first kappa shape index (κ1) is 111. The third-order valence-electron chi connectivity index (χ3n) is 18.8. The number of phosphoric ester groups is 2. The van der Waals surface area contributed by atoms with Crippen LogP contribution in [0.3, 0.4) is 0 Å². The molecule has 0 aromatic carbocycles. The highest BCUT2D eigenvalue weighted by molar-refractivity contribution is 7.47. The van der Waals surface area contributed by atoms with Gasteiger partial charge in [-0.25, -0.2) is 9.13 Å². The second kappa shape index (κ2) is 89.6. The van der Waals surface area contributed by atoms with Gasteiger partial charge in [0.15, 0.2) is 6.10 Å². The Morgan fingerprint density at radius 2 is 0.427 bits per heavy atom. The molecule has 16 nitrogen and oxygen atoms in total. The number of unbranched alkanes of at least 4 members (excludes halogenated alkanes) is 30. The summed E-state index contributed by atoms with van der Waals surface area (Å²) in [6.07, 6.45) is 119. The molecule has 0 saturated heterocycles. The van der Waals surface area contributed by atoms with E-state index >= 15 is 0 Å². The standard InChI is InChI=1S/C99H164O16P2/c1-4-7-10-13-16-19-22-25-28-31-34-36-38-40-42-44-46-48-50-52-54-56-59-61-64-67-70-73-76-79-82-85-97(102)109-88-94(100)89-111-116(105,106)112-90-95(101)91-113-117(107,108)114-93-96(115-99(104)87-84-81-78-75-72-69-66-63-58-33-30-27-24-21-18-15-12-9-6-3)92-110-98(103)86-83-80-77-74-71-68-65-62-60-57-55-53-51-49-47-45-43-41-39-37-35-32-29-26-23-20-17-14-11-8-5-2/h7-12,16-21,25-30,34-37,40-43,46,48,58,63,69,72,94-96,100-101H,4-6,13-15,22-24,31-33,38-39,44-45,47,49-57,59-62,64-68,70-71,73-93H2,1-3H3,(H,105,106)(H,107,108)/b10-7-,11-8-,12-9-,19-16-,20-17-,21-18-,28-25-,29-26-,30-27-,36-34-,37-35-,42-40-,43-41-,48-46-,63-58-,72-69-. The zero-order chi connectivity index (χ0) is 85.1. The summed E-state index contributed by atoms with van der Waals surface area (Å²) in [4.78, 5) is 59.0. The number of ether oxygens (including phenoxy) is 3.